The molecule has 0 saturated carbocycles. The van der Waals surface area contributed by atoms with Crippen molar-refractivity contribution in [3.05, 3.63) is 22.4 Å². The van der Waals surface area contributed by atoms with Gasteiger partial charge in [0.1, 0.15) is 0 Å². The minimum atomic E-state index is -0.330. The quantitative estimate of drug-likeness (QED) is 0.814. The Bertz CT molecular complexity index is 424. The van der Waals surface area contributed by atoms with E-state index in [1.165, 1.54) is 4.88 Å². The predicted molar refractivity (Wildman–Crippen MR) is 88.5 cm³/mol. The summed E-state index contributed by atoms with van der Waals surface area (Å²) >= 11 is 1.67. The third-order valence-electron chi connectivity index (χ3n) is 3.34. The third kappa shape index (κ3) is 6.59. The number of amides is 1. The zero-order valence-electron chi connectivity index (χ0n) is 13.7. The molecule has 0 fully saturated rings. The molecule has 0 spiro atoms. The van der Waals surface area contributed by atoms with Crippen LogP contribution in [-0.2, 0) is 4.79 Å². The molecule has 2 unspecified atom stereocenters. The van der Waals surface area contributed by atoms with E-state index in [2.05, 4.69) is 32.2 Å². The summed E-state index contributed by atoms with van der Waals surface area (Å²) in [6.07, 6.45) is 0.348. The van der Waals surface area contributed by atoms with Crippen molar-refractivity contribution in [3.63, 3.8) is 0 Å². The van der Waals surface area contributed by atoms with E-state index in [1.807, 2.05) is 23.4 Å². The van der Waals surface area contributed by atoms with Gasteiger partial charge >= 0.3 is 0 Å². The van der Waals surface area contributed by atoms with E-state index >= 15 is 0 Å². The Morgan fingerprint density at radius 1 is 1.48 bits per heavy atom. The number of rotatable bonds is 7. The molecule has 1 aromatic rings. The van der Waals surface area contributed by atoms with Crippen LogP contribution in [0.5, 0.6) is 0 Å². The summed E-state index contributed by atoms with van der Waals surface area (Å²) < 4.78 is 0. The predicted octanol–water partition coefficient (Wildman–Crippen LogP) is 2.65. The molecule has 1 heterocycles. The number of carbonyl (C=O) groups is 1. The molecule has 0 bridgehead atoms. The van der Waals surface area contributed by atoms with Crippen molar-refractivity contribution in [2.24, 2.45) is 5.41 Å². The second kappa shape index (κ2) is 7.92. The molecule has 2 atom stereocenters. The average molecular weight is 312 g/mol. The summed E-state index contributed by atoms with van der Waals surface area (Å²) in [5, 5.41) is 14.5. The lowest BCUT2D eigenvalue weighted by Crippen LogP contribution is -2.41. The highest BCUT2D eigenvalue weighted by molar-refractivity contribution is 7.10. The first-order valence-electron chi connectivity index (χ1n) is 7.39. The topological polar surface area (TPSA) is 52.6 Å². The maximum atomic E-state index is 12.2. The molecule has 0 radical (unpaired) electrons. The Morgan fingerprint density at radius 2 is 2.14 bits per heavy atom. The maximum absolute atomic E-state index is 12.2. The third-order valence-corrected chi connectivity index (χ3v) is 4.28. The molecule has 1 rings (SSSR count). The van der Waals surface area contributed by atoms with Crippen LogP contribution in [0.2, 0.25) is 0 Å². The number of hydrogen-bond acceptors (Lipinski definition) is 4. The van der Waals surface area contributed by atoms with Gasteiger partial charge in [0.15, 0.2) is 0 Å². The summed E-state index contributed by atoms with van der Waals surface area (Å²) in [7, 11) is 1.90. The SMILES string of the molecule is CC(O)CCN(C)CC(=O)NC(c1cccs1)C(C)(C)C. The van der Waals surface area contributed by atoms with E-state index in [0.29, 0.717) is 19.5 Å². The van der Waals surface area contributed by atoms with Crippen LogP contribution in [0.3, 0.4) is 0 Å². The number of likely N-dealkylation sites (N-methyl/N-ethyl adjacent to an activating group) is 1. The van der Waals surface area contributed by atoms with Crippen LogP contribution in [0.15, 0.2) is 17.5 Å². The smallest absolute Gasteiger partial charge is 0.234 e. The molecule has 5 heteroatoms. The lowest BCUT2D eigenvalue weighted by molar-refractivity contribution is -0.123. The number of nitrogens with one attached hydrogen (secondary N) is 1. The van der Waals surface area contributed by atoms with Gasteiger partial charge in [0.25, 0.3) is 0 Å². The van der Waals surface area contributed by atoms with E-state index in [-0.39, 0.29) is 23.5 Å². The van der Waals surface area contributed by atoms with Gasteiger partial charge in [-0.2, -0.15) is 0 Å². The van der Waals surface area contributed by atoms with Crippen molar-refractivity contribution >= 4 is 17.2 Å². The summed E-state index contributed by atoms with van der Waals surface area (Å²) in [5.74, 6) is 0.0245. The Morgan fingerprint density at radius 3 is 2.62 bits per heavy atom. The van der Waals surface area contributed by atoms with Gasteiger partial charge in [-0.15, -0.1) is 11.3 Å². The van der Waals surface area contributed by atoms with E-state index in [4.69, 9.17) is 0 Å². The van der Waals surface area contributed by atoms with Crippen LogP contribution in [-0.4, -0.2) is 42.2 Å². The molecule has 4 nitrogen and oxygen atoms in total. The molecule has 0 aliphatic rings. The average Bonchev–Trinajstić information content (AvgIpc) is 2.85. The Hall–Kier alpha value is -0.910. The van der Waals surface area contributed by atoms with E-state index < -0.39 is 0 Å². The van der Waals surface area contributed by atoms with Crippen LogP contribution >= 0.6 is 11.3 Å². The minimum Gasteiger partial charge on any atom is -0.393 e. The van der Waals surface area contributed by atoms with Gasteiger partial charge < -0.3 is 10.4 Å². The first-order chi connectivity index (χ1) is 9.70. The second-order valence-electron chi connectivity index (χ2n) is 6.76. The molecule has 0 saturated heterocycles. The highest BCUT2D eigenvalue weighted by Crippen LogP contribution is 2.34. The monoisotopic (exact) mass is 312 g/mol. The molecule has 0 aliphatic heterocycles. The van der Waals surface area contributed by atoms with Gasteiger partial charge in [-0.05, 0) is 37.3 Å². The zero-order chi connectivity index (χ0) is 16.0. The summed E-state index contributed by atoms with van der Waals surface area (Å²) in [4.78, 5) is 15.4. The molecule has 1 amide bonds. The molecular formula is C16H28N2O2S. The zero-order valence-corrected chi connectivity index (χ0v) is 14.5. The van der Waals surface area contributed by atoms with Crippen LogP contribution in [0.4, 0.5) is 0 Å². The lowest BCUT2D eigenvalue weighted by Gasteiger charge is -2.31. The van der Waals surface area contributed by atoms with Crippen LogP contribution < -0.4 is 5.32 Å². The number of aliphatic hydroxyl groups excluding tert-OH is 1. The summed E-state index contributed by atoms with van der Waals surface area (Å²) in [6.45, 7) is 9.23. The lowest BCUT2D eigenvalue weighted by atomic mass is 9.85. The highest BCUT2D eigenvalue weighted by atomic mass is 32.1. The fourth-order valence-electron chi connectivity index (χ4n) is 2.11. The first-order valence-corrected chi connectivity index (χ1v) is 8.27. The van der Waals surface area contributed by atoms with Crippen LogP contribution in [0.25, 0.3) is 0 Å². The largest absolute Gasteiger partial charge is 0.393 e. The molecule has 0 aromatic carbocycles. The van der Waals surface area contributed by atoms with E-state index in [9.17, 15) is 9.90 Å². The van der Waals surface area contributed by atoms with Crippen molar-refractivity contribution in [2.75, 3.05) is 20.1 Å². The second-order valence-corrected chi connectivity index (χ2v) is 7.74. The van der Waals surface area contributed by atoms with Gasteiger partial charge in [-0.3, -0.25) is 9.69 Å². The van der Waals surface area contributed by atoms with Crippen LogP contribution in [0, 0.1) is 5.41 Å². The van der Waals surface area contributed by atoms with Gasteiger partial charge in [-0.1, -0.05) is 26.8 Å². The van der Waals surface area contributed by atoms with Gasteiger partial charge in [-0.25, -0.2) is 0 Å². The van der Waals surface area contributed by atoms with Crippen molar-refractivity contribution in [1.82, 2.24) is 10.2 Å². The number of thiophene rings is 1. The summed E-state index contributed by atoms with van der Waals surface area (Å²) in [6, 6.07) is 4.10. The van der Waals surface area contributed by atoms with E-state index in [1.54, 1.807) is 18.3 Å². The van der Waals surface area contributed by atoms with Crippen molar-refractivity contribution in [3.8, 4) is 0 Å². The van der Waals surface area contributed by atoms with Gasteiger partial charge in [0.2, 0.25) is 5.91 Å². The van der Waals surface area contributed by atoms with Crippen LogP contribution in [0.1, 0.15) is 45.0 Å². The minimum absolute atomic E-state index is 0.0233. The van der Waals surface area contributed by atoms with Gasteiger partial charge in [0, 0.05) is 11.4 Å². The van der Waals surface area contributed by atoms with E-state index in [0.717, 1.165) is 0 Å². The highest BCUT2D eigenvalue weighted by Gasteiger charge is 2.28. The number of carbonyl (C=O) groups excluding carboxylic acids is 1. The van der Waals surface area contributed by atoms with Crippen molar-refractivity contribution < 1.29 is 9.90 Å². The number of nitrogens with zero attached hydrogens (tertiary/aromatic N) is 1. The molecule has 0 aliphatic carbocycles. The Kier molecular flexibility index (Phi) is 6.84. The van der Waals surface area contributed by atoms with Crippen molar-refractivity contribution in [2.45, 2.75) is 46.3 Å². The number of hydrogen-bond donors (Lipinski definition) is 2. The number of aliphatic hydroxyl groups is 1. The maximum Gasteiger partial charge on any atom is 0.234 e. The standard InChI is InChI=1S/C16H28N2O2S/c1-12(19)8-9-18(5)11-14(20)17-15(16(2,3)4)13-7-6-10-21-13/h6-7,10,12,15,19H,8-9,11H2,1-5H3,(H,17,20). The molecule has 2 N–H and O–H groups in total. The Labute approximate surface area is 132 Å². The van der Waals surface area contributed by atoms with Crippen molar-refractivity contribution in [1.29, 1.82) is 0 Å². The molecular weight excluding hydrogens is 284 g/mol. The fraction of sp³-hybridized carbons (Fsp3) is 0.688. The first kappa shape index (κ1) is 18.1. The fourth-order valence-corrected chi connectivity index (χ4v) is 3.13. The summed E-state index contributed by atoms with van der Waals surface area (Å²) in [5.41, 5.74) is -0.0291. The Balaban J connectivity index is 2.58. The van der Waals surface area contributed by atoms with Gasteiger partial charge in [0.05, 0.1) is 18.7 Å². The normalized spacial score (nSPS) is 15.0. The molecule has 21 heavy (non-hydrogen) atoms. The molecule has 1 aromatic heterocycles. The molecule has 120 valence electrons.